The molecule has 38 heavy (non-hydrogen) atoms. The van der Waals surface area contributed by atoms with Gasteiger partial charge in [-0.2, -0.15) is 0 Å². The summed E-state index contributed by atoms with van der Waals surface area (Å²) in [4.78, 5) is 21.7. The van der Waals surface area contributed by atoms with Crippen LogP contribution in [0.3, 0.4) is 0 Å². The van der Waals surface area contributed by atoms with Gasteiger partial charge in [0.05, 0.1) is 6.04 Å². The van der Waals surface area contributed by atoms with Gasteiger partial charge in [-0.25, -0.2) is 4.68 Å². The largest absolute Gasteiger partial charge is 0.369 e. The third kappa shape index (κ3) is 4.51. The first-order valence-corrected chi connectivity index (χ1v) is 13.9. The standard InChI is InChI=1S/C30H37N7O/c1-19-9-10-21(3)27(17-19)35-11-13-36(14-12-35)28(29-32-33-34-37(29)23-7-5-6-8-23)25-18-24-22(4)15-20(2)16-26(24)31-30(25)38/h9-10,15-18,23,28H,5-8,11-14H2,1-4H3,(H,31,38)/t28-/m0/s1. The third-order valence-corrected chi connectivity index (χ3v) is 8.45. The normalized spacial score (nSPS) is 17.9. The molecule has 0 unspecified atom stereocenters. The Labute approximate surface area is 223 Å². The van der Waals surface area contributed by atoms with E-state index in [0.29, 0.717) is 6.04 Å². The first kappa shape index (κ1) is 24.8. The van der Waals surface area contributed by atoms with Crippen LogP contribution >= 0.6 is 0 Å². The van der Waals surface area contributed by atoms with Crippen LogP contribution in [-0.4, -0.2) is 56.3 Å². The molecule has 0 spiro atoms. The number of hydrogen-bond donors (Lipinski definition) is 1. The van der Waals surface area contributed by atoms with Crippen molar-refractivity contribution in [3.8, 4) is 0 Å². The van der Waals surface area contributed by atoms with Crippen LogP contribution in [0, 0.1) is 27.7 Å². The average molecular weight is 512 g/mol. The van der Waals surface area contributed by atoms with E-state index >= 15 is 0 Å². The molecule has 1 atom stereocenters. The summed E-state index contributed by atoms with van der Waals surface area (Å²) in [5.74, 6) is 0.784. The number of hydrogen-bond acceptors (Lipinski definition) is 6. The first-order valence-electron chi connectivity index (χ1n) is 13.9. The summed E-state index contributed by atoms with van der Waals surface area (Å²) >= 11 is 0. The van der Waals surface area contributed by atoms with Crippen LogP contribution < -0.4 is 10.5 Å². The fraction of sp³-hybridized carbons (Fsp3) is 0.467. The van der Waals surface area contributed by atoms with E-state index in [1.807, 2.05) is 10.7 Å². The second-order valence-electron chi connectivity index (χ2n) is 11.2. The molecule has 0 amide bonds. The van der Waals surface area contributed by atoms with Crippen molar-refractivity contribution in [2.75, 3.05) is 31.1 Å². The minimum atomic E-state index is -0.305. The van der Waals surface area contributed by atoms with E-state index in [2.05, 4.69) is 88.3 Å². The number of pyridine rings is 1. The molecule has 2 fully saturated rings. The van der Waals surface area contributed by atoms with Gasteiger partial charge in [0.1, 0.15) is 6.04 Å². The summed E-state index contributed by atoms with van der Waals surface area (Å²) in [5.41, 5.74) is 7.70. The Hall–Kier alpha value is -3.52. The smallest absolute Gasteiger partial charge is 0.253 e. The predicted octanol–water partition coefficient (Wildman–Crippen LogP) is 4.77. The monoisotopic (exact) mass is 511 g/mol. The van der Waals surface area contributed by atoms with E-state index in [-0.39, 0.29) is 11.6 Å². The van der Waals surface area contributed by atoms with Gasteiger partial charge in [0.2, 0.25) is 0 Å². The number of H-pyrrole nitrogens is 1. The fourth-order valence-electron chi connectivity index (χ4n) is 6.46. The lowest BCUT2D eigenvalue weighted by Gasteiger charge is -2.40. The summed E-state index contributed by atoms with van der Waals surface area (Å²) in [6.45, 7) is 11.9. The van der Waals surface area contributed by atoms with Crippen molar-refractivity contribution in [1.82, 2.24) is 30.1 Å². The van der Waals surface area contributed by atoms with Gasteiger partial charge in [0.25, 0.3) is 5.56 Å². The molecule has 3 heterocycles. The summed E-state index contributed by atoms with van der Waals surface area (Å²) < 4.78 is 2.01. The SMILES string of the molecule is Cc1ccc(C)c(N2CCN([C@@H](c3cc4c(C)cc(C)cc4[nH]c3=O)c3nnnn3C3CCCC3)CC2)c1. The first-order chi connectivity index (χ1) is 18.4. The van der Waals surface area contributed by atoms with Crippen LogP contribution in [0.15, 0.2) is 41.2 Å². The van der Waals surface area contributed by atoms with Crippen LogP contribution in [-0.2, 0) is 0 Å². The van der Waals surface area contributed by atoms with Crippen LogP contribution in [0.1, 0.15) is 71.4 Å². The number of tetrazole rings is 1. The second-order valence-corrected chi connectivity index (χ2v) is 11.2. The van der Waals surface area contributed by atoms with Gasteiger partial charge < -0.3 is 9.88 Å². The van der Waals surface area contributed by atoms with Crippen molar-refractivity contribution in [2.24, 2.45) is 0 Å². The lowest BCUT2D eigenvalue weighted by Crippen LogP contribution is -2.49. The number of aromatic amines is 1. The van der Waals surface area contributed by atoms with E-state index < -0.39 is 0 Å². The highest BCUT2D eigenvalue weighted by molar-refractivity contribution is 5.83. The van der Waals surface area contributed by atoms with Crippen molar-refractivity contribution < 1.29 is 0 Å². The van der Waals surface area contributed by atoms with Crippen molar-refractivity contribution in [2.45, 2.75) is 65.5 Å². The van der Waals surface area contributed by atoms with E-state index in [4.69, 9.17) is 0 Å². The number of rotatable bonds is 5. The number of piperazine rings is 1. The Kier molecular flexibility index (Phi) is 6.51. The number of nitrogens with zero attached hydrogens (tertiary/aromatic N) is 6. The van der Waals surface area contributed by atoms with Gasteiger partial charge >= 0.3 is 0 Å². The molecule has 198 valence electrons. The fourth-order valence-corrected chi connectivity index (χ4v) is 6.46. The molecule has 4 aromatic rings. The molecule has 1 aliphatic heterocycles. The van der Waals surface area contributed by atoms with Gasteiger partial charge in [0.15, 0.2) is 5.82 Å². The Balaban J connectivity index is 1.41. The average Bonchev–Trinajstić information content (AvgIpc) is 3.59. The molecular formula is C30H37N7O. The number of aromatic nitrogens is 5. The molecule has 1 aliphatic carbocycles. The molecule has 6 rings (SSSR count). The van der Waals surface area contributed by atoms with E-state index in [1.54, 1.807) is 0 Å². The molecule has 2 aromatic heterocycles. The molecule has 0 radical (unpaired) electrons. The molecule has 0 bridgehead atoms. The van der Waals surface area contributed by atoms with Crippen molar-refractivity contribution in [3.05, 3.63) is 80.4 Å². The Morgan fingerprint density at radius 3 is 2.42 bits per heavy atom. The zero-order chi connectivity index (χ0) is 26.4. The Morgan fingerprint density at radius 1 is 0.895 bits per heavy atom. The van der Waals surface area contributed by atoms with Crippen LogP contribution in [0.4, 0.5) is 5.69 Å². The summed E-state index contributed by atoms with van der Waals surface area (Å²) in [6, 6.07) is 12.9. The number of fused-ring (bicyclic) bond motifs is 1. The van der Waals surface area contributed by atoms with Crippen LogP contribution in [0.2, 0.25) is 0 Å². The molecule has 2 aliphatic rings. The topological polar surface area (TPSA) is 82.9 Å². The zero-order valence-electron chi connectivity index (χ0n) is 22.9. The second kappa shape index (κ2) is 9.98. The highest BCUT2D eigenvalue weighted by atomic mass is 16.1. The van der Waals surface area contributed by atoms with Gasteiger partial charge in [-0.1, -0.05) is 31.0 Å². The predicted molar refractivity (Wildman–Crippen MR) is 151 cm³/mol. The molecule has 8 heteroatoms. The Bertz CT molecular complexity index is 1520. The van der Waals surface area contributed by atoms with Gasteiger partial charge in [-0.15, -0.1) is 5.10 Å². The third-order valence-electron chi connectivity index (χ3n) is 8.45. The molecular weight excluding hydrogens is 474 g/mol. The van der Waals surface area contributed by atoms with Gasteiger partial charge in [-0.05, 0) is 91.4 Å². The number of nitrogens with one attached hydrogen (secondary N) is 1. The maximum absolute atomic E-state index is 13.7. The van der Waals surface area contributed by atoms with Crippen molar-refractivity contribution in [1.29, 1.82) is 0 Å². The maximum Gasteiger partial charge on any atom is 0.253 e. The molecule has 2 aromatic carbocycles. The number of anilines is 1. The molecule has 1 N–H and O–H groups in total. The van der Waals surface area contributed by atoms with Gasteiger partial charge in [0, 0.05) is 48.3 Å². The highest BCUT2D eigenvalue weighted by Gasteiger charge is 2.35. The lowest BCUT2D eigenvalue weighted by atomic mass is 9.99. The van der Waals surface area contributed by atoms with E-state index in [9.17, 15) is 4.79 Å². The zero-order valence-corrected chi connectivity index (χ0v) is 22.9. The number of aryl methyl sites for hydroxylation is 4. The molecule has 8 nitrogen and oxygen atoms in total. The Morgan fingerprint density at radius 2 is 1.66 bits per heavy atom. The van der Waals surface area contributed by atoms with E-state index in [0.717, 1.165) is 72.4 Å². The highest BCUT2D eigenvalue weighted by Crippen LogP contribution is 2.35. The minimum Gasteiger partial charge on any atom is -0.369 e. The van der Waals surface area contributed by atoms with Crippen LogP contribution in [0.5, 0.6) is 0 Å². The minimum absolute atomic E-state index is 0.0644. The van der Waals surface area contributed by atoms with Gasteiger partial charge in [-0.3, -0.25) is 9.69 Å². The summed E-state index contributed by atoms with van der Waals surface area (Å²) in [6.07, 6.45) is 4.55. The molecule has 1 saturated heterocycles. The van der Waals surface area contributed by atoms with Crippen molar-refractivity contribution in [3.63, 3.8) is 0 Å². The molecule has 1 saturated carbocycles. The number of benzene rings is 2. The summed E-state index contributed by atoms with van der Waals surface area (Å²) in [5, 5.41) is 14.2. The van der Waals surface area contributed by atoms with E-state index in [1.165, 1.54) is 29.7 Å². The quantitative estimate of drug-likeness (QED) is 0.415. The lowest BCUT2D eigenvalue weighted by molar-refractivity contribution is 0.196. The van der Waals surface area contributed by atoms with Crippen LogP contribution in [0.25, 0.3) is 10.9 Å². The maximum atomic E-state index is 13.7. The summed E-state index contributed by atoms with van der Waals surface area (Å²) in [7, 11) is 0. The van der Waals surface area contributed by atoms with Crippen molar-refractivity contribution >= 4 is 16.6 Å².